The van der Waals surface area contributed by atoms with Crippen molar-refractivity contribution in [3.8, 4) is 5.75 Å². The summed E-state index contributed by atoms with van der Waals surface area (Å²) >= 11 is 5.16. The van der Waals surface area contributed by atoms with Crippen LogP contribution in [-0.4, -0.2) is 31.3 Å². The Morgan fingerprint density at radius 3 is 2.33 bits per heavy atom. The molecule has 0 aliphatic rings. The minimum atomic E-state index is -0.275. The highest BCUT2D eigenvalue weighted by atomic mass is 32.1. The van der Waals surface area contributed by atoms with Crippen LogP contribution in [0.25, 0.3) is 0 Å². The van der Waals surface area contributed by atoms with Crippen LogP contribution in [0.1, 0.15) is 15.9 Å². The summed E-state index contributed by atoms with van der Waals surface area (Å²) in [5.74, 6) is 0.409. The zero-order valence-corrected chi connectivity index (χ0v) is 14.5. The fraction of sp³-hybridized carbons (Fsp3) is 0.222. The normalized spacial score (nSPS) is 10.1. The number of ether oxygens (including phenoxy) is 2. The fourth-order valence-electron chi connectivity index (χ4n) is 1.92. The average molecular weight is 344 g/mol. The average Bonchev–Trinajstić information content (AvgIpc) is 2.58. The maximum absolute atomic E-state index is 12.2. The molecule has 0 fully saturated rings. The first-order chi connectivity index (χ1) is 11.6. The third-order valence-corrected chi connectivity index (χ3v) is 3.41. The van der Waals surface area contributed by atoms with Gasteiger partial charge in [0.2, 0.25) is 0 Å². The molecule has 2 N–H and O–H groups in total. The SMILES string of the molecule is COCCOc1ccc(C(=O)NC(=S)Nc2ccc(C)cc2)cc1. The van der Waals surface area contributed by atoms with Crippen molar-refractivity contribution in [1.29, 1.82) is 0 Å². The molecule has 2 aromatic carbocycles. The standard InChI is InChI=1S/C18H20N2O3S/c1-13-3-7-15(8-4-13)19-18(24)20-17(21)14-5-9-16(10-6-14)23-12-11-22-2/h3-10H,11-12H2,1-2H3,(H2,19,20,21,24). The molecule has 1 amide bonds. The zero-order chi connectivity index (χ0) is 17.4. The van der Waals surface area contributed by atoms with Crippen molar-refractivity contribution in [2.75, 3.05) is 25.6 Å². The quantitative estimate of drug-likeness (QED) is 0.623. The number of amides is 1. The van der Waals surface area contributed by atoms with Crippen LogP contribution in [0.3, 0.4) is 0 Å². The Labute approximate surface area is 147 Å². The molecule has 2 aromatic rings. The number of hydrogen-bond acceptors (Lipinski definition) is 4. The predicted molar refractivity (Wildman–Crippen MR) is 98.7 cm³/mol. The molecule has 0 saturated carbocycles. The van der Waals surface area contributed by atoms with Crippen molar-refractivity contribution in [2.45, 2.75) is 6.92 Å². The van der Waals surface area contributed by atoms with E-state index in [0.29, 0.717) is 24.5 Å². The van der Waals surface area contributed by atoms with Gasteiger partial charge in [-0.2, -0.15) is 0 Å². The molecule has 0 unspecified atom stereocenters. The highest BCUT2D eigenvalue weighted by molar-refractivity contribution is 7.80. The molecule has 0 saturated heterocycles. The second-order valence-electron chi connectivity index (χ2n) is 5.14. The molecular weight excluding hydrogens is 324 g/mol. The smallest absolute Gasteiger partial charge is 0.257 e. The molecule has 2 rings (SSSR count). The summed E-state index contributed by atoms with van der Waals surface area (Å²) in [4.78, 5) is 12.2. The Morgan fingerprint density at radius 1 is 1.04 bits per heavy atom. The van der Waals surface area contributed by atoms with Gasteiger partial charge in [0.25, 0.3) is 5.91 Å². The van der Waals surface area contributed by atoms with Gasteiger partial charge >= 0.3 is 0 Å². The molecule has 0 aromatic heterocycles. The monoisotopic (exact) mass is 344 g/mol. The number of hydrogen-bond donors (Lipinski definition) is 2. The Kier molecular flexibility index (Phi) is 6.72. The second-order valence-corrected chi connectivity index (χ2v) is 5.55. The van der Waals surface area contributed by atoms with Gasteiger partial charge in [-0.3, -0.25) is 10.1 Å². The van der Waals surface area contributed by atoms with E-state index in [1.165, 1.54) is 0 Å². The van der Waals surface area contributed by atoms with Gasteiger partial charge in [-0.25, -0.2) is 0 Å². The van der Waals surface area contributed by atoms with Crippen molar-refractivity contribution in [3.05, 3.63) is 59.7 Å². The maximum Gasteiger partial charge on any atom is 0.257 e. The summed E-state index contributed by atoms with van der Waals surface area (Å²) in [6.07, 6.45) is 0. The van der Waals surface area contributed by atoms with Gasteiger partial charge in [-0.1, -0.05) is 17.7 Å². The first kappa shape index (κ1) is 17.9. The first-order valence-corrected chi connectivity index (χ1v) is 7.90. The van der Waals surface area contributed by atoms with Crippen molar-refractivity contribution in [3.63, 3.8) is 0 Å². The fourth-order valence-corrected chi connectivity index (χ4v) is 2.13. The van der Waals surface area contributed by atoms with Crippen molar-refractivity contribution < 1.29 is 14.3 Å². The lowest BCUT2D eigenvalue weighted by molar-refractivity contribution is 0.0977. The minimum Gasteiger partial charge on any atom is -0.491 e. The summed E-state index contributed by atoms with van der Waals surface area (Å²) in [5.41, 5.74) is 2.48. The molecule has 24 heavy (non-hydrogen) atoms. The van der Waals surface area contributed by atoms with Gasteiger partial charge < -0.3 is 14.8 Å². The first-order valence-electron chi connectivity index (χ1n) is 7.49. The molecule has 5 nitrogen and oxygen atoms in total. The van der Waals surface area contributed by atoms with Crippen LogP contribution >= 0.6 is 12.2 Å². The molecule has 0 heterocycles. The highest BCUT2D eigenvalue weighted by Crippen LogP contribution is 2.12. The molecule has 0 atom stereocenters. The summed E-state index contributed by atoms with van der Waals surface area (Å²) < 4.78 is 10.4. The van der Waals surface area contributed by atoms with Crippen LogP contribution in [0.4, 0.5) is 5.69 Å². The lowest BCUT2D eigenvalue weighted by Crippen LogP contribution is -2.34. The number of anilines is 1. The molecular formula is C18H20N2O3S. The van der Waals surface area contributed by atoms with E-state index >= 15 is 0 Å². The van der Waals surface area contributed by atoms with Gasteiger partial charge in [-0.05, 0) is 55.5 Å². The van der Waals surface area contributed by atoms with Crippen molar-refractivity contribution >= 4 is 28.9 Å². The van der Waals surface area contributed by atoms with Gasteiger partial charge in [0.15, 0.2) is 5.11 Å². The third-order valence-electron chi connectivity index (χ3n) is 3.21. The van der Waals surface area contributed by atoms with Crippen LogP contribution < -0.4 is 15.4 Å². The lowest BCUT2D eigenvalue weighted by atomic mass is 10.2. The van der Waals surface area contributed by atoms with E-state index in [4.69, 9.17) is 21.7 Å². The topological polar surface area (TPSA) is 59.6 Å². The molecule has 0 aliphatic heterocycles. The maximum atomic E-state index is 12.2. The van der Waals surface area contributed by atoms with E-state index in [9.17, 15) is 4.79 Å². The summed E-state index contributed by atoms with van der Waals surface area (Å²) in [5, 5.41) is 5.88. The zero-order valence-electron chi connectivity index (χ0n) is 13.7. The molecule has 126 valence electrons. The van der Waals surface area contributed by atoms with Crippen LogP contribution in [0, 0.1) is 6.92 Å². The molecule has 6 heteroatoms. The van der Waals surface area contributed by atoms with Crippen molar-refractivity contribution in [1.82, 2.24) is 5.32 Å². The molecule has 0 bridgehead atoms. The van der Waals surface area contributed by atoms with E-state index in [2.05, 4.69) is 10.6 Å². The van der Waals surface area contributed by atoms with E-state index < -0.39 is 0 Å². The number of methoxy groups -OCH3 is 1. The molecule has 0 aliphatic carbocycles. The lowest BCUT2D eigenvalue weighted by Gasteiger charge is -2.10. The van der Waals surface area contributed by atoms with Crippen LogP contribution in [0.2, 0.25) is 0 Å². The highest BCUT2D eigenvalue weighted by Gasteiger charge is 2.08. The minimum absolute atomic E-state index is 0.254. The summed E-state index contributed by atoms with van der Waals surface area (Å²) in [6, 6.07) is 14.6. The Balaban J connectivity index is 1.86. The Bertz CT molecular complexity index is 684. The predicted octanol–water partition coefficient (Wildman–Crippen LogP) is 3.15. The third kappa shape index (κ3) is 5.64. The van der Waals surface area contributed by atoms with E-state index in [1.807, 2.05) is 31.2 Å². The van der Waals surface area contributed by atoms with Gasteiger partial charge in [0.05, 0.1) is 6.61 Å². The van der Waals surface area contributed by atoms with E-state index in [0.717, 1.165) is 11.3 Å². The van der Waals surface area contributed by atoms with Crippen LogP contribution in [-0.2, 0) is 4.74 Å². The number of carbonyl (C=O) groups excluding carboxylic acids is 1. The number of rotatable bonds is 6. The second kappa shape index (κ2) is 9.00. The molecule has 0 radical (unpaired) electrons. The van der Waals surface area contributed by atoms with Crippen LogP contribution in [0.5, 0.6) is 5.75 Å². The van der Waals surface area contributed by atoms with Crippen molar-refractivity contribution in [2.24, 2.45) is 0 Å². The summed E-state index contributed by atoms with van der Waals surface area (Å²) in [7, 11) is 1.62. The Hall–Kier alpha value is -2.44. The Morgan fingerprint density at radius 2 is 1.71 bits per heavy atom. The van der Waals surface area contributed by atoms with E-state index in [-0.39, 0.29) is 11.0 Å². The van der Waals surface area contributed by atoms with Gasteiger partial charge in [-0.15, -0.1) is 0 Å². The number of benzene rings is 2. The van der Waals surface area contributed by atoms with E-state index in [1.54, 1.807) is 31.4 Å². The summed E-state index contributed by atoms with van der Waals surface area (Å²) in [6.45, 7) is 2.99. The number of thiocarbonyl (C=S) groups is 1. The number of nitrogens with one attached hydrogen (secondary N) is 2. The van der Waals surface area contributed by atoms with Crippen LogP contribution in [0.15, 0.2) is 48.5 Å². The number of carbonyl (C=O) groups is 1. The van der Waals surface area contributed by atoms with Gasteiger partial charge in [0, 0.05) is 18.4 Å². The number of aryl methyl sites for hydroxylation is 1. The largest absolute Gasteiger partial charge is 0.491 e. The molecule has 0 spiro atoms. The van der Waals surface area contributed by atoms with Gasteiger partial charge in [0.1, 0.15) is 12.4 Å².